The number of likely N-dealkylation sites (tertiary alicyclic amines) is 1. The largest absolute Gasteiger partial charge is 0.477 e. The van der Waals surface area contributed by atoms with Gasteiger partial charge in [0.25, 0.3) is 0 Å². The highest BCUT2D eigenvalue weighted by Crippen LogP contribution is 2.40. The normalized spacial score (nSPS) is 16.5. The number of nitrogens with zero attached hydrogens (tertiary/aromatic N) is 2. The lowest BCUT2D eigenvalue weighted by Gasteiger charge is -2.33. The lowest BCUT2D eigenvalue weighted by atomic mass is 10.0. The van der Waals surface area contributed by atoms with Crippen molar-refractivity contribution in [2.45, 2.75) is 50.4 Å². The topological polar surface area (TPSA) is 77.4 Å². The van der Waals surface area contributed by atoms with E-state index in [1.54, 1.807) is 37.6 Å². The number of rotatable bonds is 9. The Balaban J connectivity index is 1.36. The van der Waals surface area contributed by atoms with E-state index in [9.17, 15) is 17.7 Å². The fourth-order valence-corrected chi connectivity index (χ4v) is 7.35. The van der Waals surface area contributed by atoms with Crippen molar-refractivity contribution in [3.05, 3.63) is 46.8 Å². The minimum absolute atomic E-state index is 0.141. The van der Waals surface area contributed by atoms with Crippen molar-refractivity contribution in [2.75, 3.05) is 50.2 Å². The number of benzene rings is 2. The number of thiophene rings is 1. The standard InChI is InChI=1S/C31H34F3N4O2PS/c1-41(2,39)23-10-11-26(28(19-23)40-18-14-35)36-15-4-7-29-25(20-31(32,33)34)24-5-3-6-27(30(24)42-29)37-21-12-16-38(17-13-21)22-8-9-22/h3,5-6,10-11,19,21-22,36-37H,8-9,12-13,15-18,20H2,1-2H3. The van der Waals surface area contributed by atoms with E-state index >= 15 is 0 Å². The zero-order valence-corrected chi connectivity index (χ0v) is 25.4. The van der Waals surface area contributed by atoms with Gasteiger partial charge in [0.05, 0.1) is 33.9 Å². The van der Waals surface area contributed by atoms with Gasteiger partial charge in [-0.1, -0.05) is 24.0 Å². The second kappa shape index (κ2) is 12.6. The van der Waals surface area contributed by atoms with Gasteiger partial charge in [-0.25, -0.2) is 0 Å². The van der Waals surface area contributed by atoms with Crippen molar-refractivity contribution in [1.29, 1.82) is 5.26 Å². The Labute approximate surface area is 248 Å². The summed E-state index contributed by atoms with van der Waals surface area (Å²) in [7, 11) is -2.54. The van der Waals surface area contributed by atoms with Gasteiger partial charge in [0.2, 0.25) is 0 Å². The van der Waals surface area contributed by atoms with Gasteiger partial charge in [0.15, 0.2) is 6.61 Å². The lowest BCUT2D eigenvalue weighted by molar-refractivity contribution is -0.126. The summed E-state index contributed by atoms with van der Waals surface area (Å²) in [5.74, 6) is 6.33. The molecule has 1 saturated carbocycles. The molecule has 0 spiro atoms. The Kier molecular flexibility index (Phi) is 9.08. The summed E-state index contributed by atoms with van der Waals surface area (Å²) in [6.45, 7) is 5.36. The minimum atomic E-state index is -4.37. The molecule has 5 rings (SSSR count). The zero-order valence-electron chi connectivity index (χ0n) is 23.7. The molecule has 0 amide bonds. The Hall–Kier alpha value is -3.17. The first-order valence-electron chi connectivity index (χ1n) is 14.1. The predicted molar refractivity (Wildman–Crippen MR) is 165 cm³/mol. The first-order valence-corrected chi connectivity index (χ1v) is 17.5. The van der Waals surface area contributed by atoms with Crippen LogP contribution in [0.25, 0.3) is 10.1 Å². The van der Waals surface area contributed by atoms with Crippen LogP contribution in [-0.4, -0.2) is 62.7 Å². The van der Waals surface area contributed by atoms with Crippen LogP contribution < -0.4 is 20.7 Å². The van der Waals surface area contributed by atoms with Gasteiger partial charge in [-0.15, -0.1) is 11.3 Å². The van der Waals surface area contributed by atoms with Gasteiger partial charge in [-0.2, -0.15) is 18.4 Å². The average molecular weight is 615 g/mol. The summed E-state index contributed by atoms with van der Waals surface area (Å²) >= 11 is 1.29. The molecule has 3 aromatic rings. The van der Waals surface area contributed by atoms with Gasteiger partial charge in [0.1, 0.15) is 19.0 Å². The average Bonchev–Trinajstić information content (AvgIpc) is 3.73. The van der Waals surface area contributed by atoms with Crippen molar-refractivity contribution in [2.24, 2.45) is 0 Å². The zero-order chi connectivity index (χ0) is 29.9. The third kappa shape index (κ3) is 7.61. The molecular formula is C31H34F3N4O2PS. The maximum Gasteiger partial charge on any atom is 0.393 e. The Bertz CT molecular complexity index is 1590. The first kappa shape index (κ1) is 30.3. The number of anilines is 2. The molecule has 11 heteroatoms. The van der Waals surface area contributed by atoms with Crippen molar-refractivity contribution < 1.29 is 22.5 Å². The highest BCUT2D eigenvalue weighted by Gasteiger charge is 2.33. The molecule has 2 heterocycles. The van der Waals surface area contributed by atoms with E-state index in [1.165, 1.54) is 24.2 Å². The number of halogens is 3. The molecule has 2 N–H and O–H groups in total. The summed E-state index contributed by atoms with van der Waals surface area (Å²) in [5.41, 5.74) is 1.62. The highest BCUT2D eigenvalue weighted by molar-refractivity contribution is 7.70. The van der Waals surface area contributed by atoms with Crippen LogP contribution in [0.4, 0.5) is 24.5 Å². The monoisotopic (exact) mass is 614 g/mol. The van der Waals surface area contributed by atoms with Gasteiger partial charge in [-0.3, -0.25) is 0 Å². The third-order valence-electron chi connectivity index (χ3n) is 7.60. The summed E-state index contributed by atoms with van der Waals surface area (Å²) in [5, 5.41) is 16.9. The molecule has 6 nitrogen and oxygen atoms in total. The maximum absolute atomic E-state index is 13.6. The van der Waals surface area contributed by atoms with Crippen LogP contribution >= 0.6 is 18.5 Å². The summed E-state index contributed by atoms with van der Waals surface area (Å²) in [6, 6.07) is 13.5. The number of hydrogen-bond donors (Lipinski definition) is 2. The van der Waals surface area contributed by atoms with E-state index in [4.69, 9.17) is 10.00 Å². The van der Waals surface area contributed by atoms with Crippen LogP contribution in [0.5, 0.6) is 5.75 Å². The molecule has 1 aliphatic heterocycles. The summed E-state index contributed by atoms with van der Waals surface area (Å²) < 4.78 is 59.8. The van der Waals surface area contributed by atoms with Crippen LogP contribution in [0.3, 0.4) is 0 Å². The van der Waals surface area contributed by atoms with Gasteiger partial charge in [-0.05, 0) is 74.2 Å². The number of hydrogen-bond acceptors (Lipinski definition) is 7. The second-order valence-corrected chi connectivity index (χ2v) is 15.4. The van der Waals surface area contributed by atoms with Crippen LogP contribution in [0.2, 0.25) is 0 Å². The van der Waals surface area contributed by atoms with Crippen LogP contribution in [0.15, 0.2) is 36.4 Å². The molecule has 222 valence electrons. The molecule has 2 aliphatic rings. The van der Waals surface area contributed by atoms with Crippen LogP contribution in [0.1, 0.15) is 36.1 Å². The molecule has 2 aromatic carbocycles. The van der Waals surface area contributed by atoms with Crippen LogP contribution in [0, 0.1) is 23.2 Å². The molecule has 1 aliphatic carbocycles. The van der Waals surface area contributed by atoms with Gasteiger partial charge >= 0.3 is 6.18 Å². The van der Waals surface area contributed by atoms with Gasteiger partial charge in [0, 0.05) is 30.5 Å². The molecule has 0 bridgehead atoms. The number of piperidine rings is 1. The van der Waals surface area contributed by atoms with E-state index in [2.05, 4.69) is 27.4 Å². The SMILES string of the molecule is CP(C)(=O)c1ccc(NCC#Cc2sc3c(NC4CCN(C5CC5)CC4)cccc3c2CC(F)(F)F)c(OCC#N)c1. The van der Waals surface area contributed by atoms with Crippen LogP contribution in [-0.2, 0) is 11.0 Å². The summed E-state index contributed by atoms with van der Waals surface area (Å²) in [4.78, 5) is 2.95. The van der Waals surface area contributed by atoms with Crippen molar-refractivity contribution >= 4 is 45.2 Å². The quantitative estimate of drug-likeness (QED) is 0.208. The summed E-state index contributed by atoms with van der Waals surface area (Å²) in [6.07, 6.45) is -0.805. The minimum Gasteiger partial charge on any atom is -0.477 e. The molecule has 0 radical (unpaired) electrons. The Morgan fingerprint density at radius 1 is 1.12 bits per heavy atom. The number of alkyl halides is 3. The molecule has 1 aromatic heterocycles. The van der Waals surface area contributed by atoms with Crippen molar-refractivity contribution in [3.8, 4) is 23.7 Å². The first-order chi connectivity index (χ1) is 20.0. The van der Waals surface area contributed by atoms with E-state index in [1.807, 2.05) is 18.2 Å². The number of fused-ring (bicyclic) bond motifs is 1. The highest BCUT2D eigenvalue weighted by atomic mass is 32.1. The molecule has 2 fully saturated rings. The van der Waals surface area contributed by atoms with Crippen molar-refractivity contribution in [1.82, 2.24) is 4.90 Å². The predicted octanol–water partition coefficient (Wildman–Crippen LogP) is 6.66. The maximum atomic E-state index is 13.6. The smallest absolute Gasteiger partial charge is 0.393 e. The third-order valence-corrected chi connectivity index (χ3v) is 10.3. The van der Waals surface area contributed by atoms with Gasteiger partial charge < -0.3 is 24.8 Å². The van der Waals surface area contributed by atoms with E-state index in [0.29, 0.717) is 27.0 Å². The lowest BCUT2D eigenvalue weighted by Crippen LogP contribution is -2.40. The number of nitrogens with one attached hydrogen (secondary N) is 2. The fraction of sp³-hybridized carbons (Fsp3) is 0.452. The number of ether oxygens (including phenoxy) is 1. The Morgan fingerprint density at radius 2 is 1.88 bits per heavy atom. The van der Waals surface area contributed by atoms with E-state index in [-0.39, 0.29) is 24.8 Å². The Morgan fingerprint density at radius 3 is 2.55 bits per heavy atom. The molecule has 1 saturated heterocycles. The van der Waals surface area contributed by atoms with E-state index < -0.39 is 19.7 Å². The molecular weight excluding hydrogens is 580 g/mol. The van der Waals surface area contributed by atoms with E-state index in [0.717, 1.165) is 42.4 Å². The fourth-order valence-electron chi connectivity index (χ4n) is 5.32. The molecule has 0 atom stereocenters. The molecule has 0 unspecified atom stereocenters. The second-order valence-electron chi connectivity index (χ2n) is 11.2. The molecule has 42 heavy (non-hydrogen) atoms. The van der Waals surface area contributed by atoms with Crippen molar-refractivity contribution in [3.63, 3.8) is 0 Å². The number of nitriles is 1.